The molecule has 1 heteroatoms. The van der Waals surface area contributed by atoms with E-state index in [0.29, 0.717) is 6.04 Å². The zero-order chi connectivity index (χ0) is 8.69. The fourth-order valence-corrected chi connectivity index (χ4v) is 1.36. The van der Waals surface area contributed by atoms with Crippen molar-refractivity contribution in [1.82, 2.24) is 0 Å². The van der Waals surface area contributed by atoms with Crippen molar-refractivity contribution in [3.05, 3.63) is 12.7 Å². The fourth-order valence-electron chi connectivity index (χ4n) is 1.36. The van der Waals surface area contributed by atoms with Gasteiger partial charge in [-0.05, 0) is 32.1 Å². The maximum absolute atomic E-state index is 5.68. The van der Waals surface area contributed by atoms with Gasteiger partial charge in [0.05, 0.1) is 0 Å². The second-order valence-electron chi connectivity index (χ2n) is 3.54. The van der Waals surface area contributed by atoms with Crippen molar-refractivity contribution in [2.75, 3.05) is 0 Å². The lowest BCUT2D eigenvalue weighted by atomic mass is 9.97. The average molecular weight is 155 g/mol. The van der Waals surface area contributed by atoms with Crippen LogP contribution in [0.4, 0.5) is 0 Å². The molecule has 0 saturated heterocycles. The summed E-state index contributed by atoms with van der Waals surface area (Å²) in [4.78, 5) is 0. The highest BCUT2D eigenvalue weighted by Gasteiger charge is 2.03. The quantitative estimate of drug-likeness (QED) is 0.463. The molecular weight excluding hydrogens is 134 g/mol. The molecule has 0 fully saturated rings. The van der Waals surface area contributed by atoms with Crippen LogP contribution in [0.15, 0.2) is 12.7 Å². The van der Waals surface area contributed by atoms with Crippen LogP contribution in [0.5, 0.6) is 0 Å². The van der Waals surface area contributed by atoms with Crippen LogP contribution in [0.1, 0.15) is 39.5 Å². The van der Waals surface area contributed by atoms with Crippen molar-refractivity contribution in [2.24, 2.45) is 11.7 Å². The van der Waals surface area contributed by atoms with Gasteiger partial charge in [-0.15, -0.1) is 6.58 Å². The van der Waals surface area contributed by atoms with Gasteiger partial charge < -0.3 is 5.73 Å². The number of hydrogen-bond donors (Lipinski definition) is 1. The highest BCUT2D eigenvalue weighted by atomic mass is 14.6. The molecule has 0 amide bonds. The van der Waals surface area contributed by atoms with E-state index >= 15 is 0 Å². The van der Waals surface area contributed by atoms with Crippen LogP contribution in [0, 0.1) is 5.92 Å². The zero-order valence-corrected chi connectivity index (χ0v) is 7.84. The standard InChI is InChI=1S/C10H21N/c1-4-5-6-7-9(2)8-10(3)11/h4,9-10H,1,5-8,11H2,2-3H3/t9?,10-/m0/s1. The van der Waals surface area contributed by atoms with Gasteiger partial charge >= 0.3 is 0 Å². The van der Waals surface area contributed by atoms with Crippen molar-refractivity contribution in [3.8, 4) is 0 Å². The molecule has 2 N–H and O–H groups in total. The van der Waals surface area contributed by atoms with Gasteiger partial charge in [-0.25, -0.2) is 0 Å². The summed E-state index contributed by atoms with van der Waals surface area (Å²) in [6.07, 6.45) is 6.82. The Balaban J connectivity index is 3.21. The van der Waals surface area contributed by atoms with Crippen molar-refractivity contribution in [1.29, 1.82) is 0 Å². The first-order chi connectivity index (χ1) is 5.16. The van der Waals surface area contributed by atoms with Crippen LogP contribution in [-0.2, 0) is 0 Å². The molecule has 0 bridgehead atoms. The molecule has 1 unspecified atom stereocenters. The summed E-state index contributed by atoms with van der Waals surface area (Å²) >= 11 is 0. The number of unbranched alkanes of at least 4 members (excludes halogenated alkanes) is 1. The van der Waals surface area contributed by atoms with E-state index in [1.54, 1.807) is 0 Å². The smallest absolute Gasteiger partial charge is 0.00130 e. The van der Waals surface area contributed by atoms with Crippen LogP contribution in [0.3, 0.4) is 0 Å². The molecule has 11 heavy (non-hydrogen) atoms. The molecular formula is C10H21N. The SMILES string of the molecule is C=CCCCC(C)C[C@H](C)N. The third kappa shape index (κ3) is 7.60. The van der Waals surface area contributed by atoms with E-state index in [1.165, 1.54) is 12.8 Å². The summed E-state index contributed by atoms with van der Waals surface area (Å²) in [6, 6.07) is 0.355. The van der Waals surface area contributed by atoms with E-state index in [4.69, 9.17) is 5.73 Å². The summed E-state index contributed by atoms with van der Waals surface area (Å²) in [7, 11) is 0. The molecule has 0 aromatic heterocycles. The molecule has 0 radical (unpaired) electrons. The Kier molecular flexibility index (Phi) is 6.24. The van der Waals surface area contributed by atoms with Gasteiger partial charge in [-0.1, -0.05) is 19.4 Å². The van der Waals surface area contributed by atoms with Crippen molar-refractivity contribution >= 4 is 0 Å². The highest BCUT2D eigenvalue weighted by Crippen LogP contribution is 2.12. The molecule has 0 aliphatic rings. The summed E-state index contributed by atoms with van der Waals surface area (Å²) in [5, 5.41) is 0. The van der Waals surface area contributed by atoms with E-state index in [9.17, 15) is 0 Å². The van der Waals surface area contributed by atoms with Gasteiger partial charge in [0, 0.05) is 6.04 Å². The van der Waals surface area contributed by atoms with Crippen molar-refractivity contribution < 1.29 is 0 Å². The zero-order valence-electron chi connectivity index (χ0n) is 7.84. The Morgan fingerprint density at radius 3 is 2.55 bits per heavy atom. The molecule has 66 valence electrons. The minimum atomic E-state index is 0.355. The first-order valence-electron chi connectivity index (χ1n) is 4.53. The first-order valence-corrected chi connectivity index (χ1v) is 4.53. The van der Waals surface area contributed by atoms with E-state index in [0.717, 1.165) is 18.8 Å². The summed E-state index contributed by atoms with van der Waals surface area (Å²) in [6.45, 7) is 8.04. The molecule has 0 aliphatic heterocycles. The van der Waals surface area contributed by atoms with Crippen molar-refractivity contribution in [3.63, 3.8) is 0 Å². The lowest BCUT2D eigenvalue weighted by molar-refractivity contribution is 0.441. The second kappa shape index (κ2) is 6.41. The molecule has 2 atom stereocenters. The minimum absolute atomic E-state index is 0.355. The molecule has 0 rings (SSSR count). The Bertz CT molecular complexity index is 97.0. The number of nitrogens with two attached hydrogens (primary N) is 1. The highest BCUT2D eigenvalue weighted by molar-refractivity contribution is 4.68. The Hall–Kier alpha value is -0.300. The second-order valence-corrected chi connectivity index (χ2v) is 3.54. The van der Waals surface area contributed by atoms with E-state index < -0.39 is 0 Å². The van der Waals surface area contributed by atoms with Gasteiger partial charge in [0.25, 0.3) is 0 Å². The number of allylic oxidation sites excluding steroid dienone is 1. The molecule has 1 nitrogen and oxygen atoms in total. The number of hydrogen-bond acceptors (Lipinski definition) is 1. The molecule has 0 aliphatic carbocycles. The Labute approximate surface area is 70.7 Å². The molecule has 0 heterocycles. The third-order valence-corrected chi connectivity index (χ3v) is 1.88. The minimum Gasteiger partial charge on any atom is -0.328 e. The molecule has 0 saturated carbocycles. The summed E-state index contributed by atoms with van der Waals surface area (Å²) < 4.78 is 0. The van der Waals surface area contributed by atoms with Gasteiger partial charge in [-0.3, -0.25) is 0 Å². The first kappa shape index (κ1) is 10.7. The lowest BCUT2D eigenvalue weighted by Crippen LogP contribution is -2.18. The molecule has 0 aromatic carbocycles. The van der Waals surface area contributed by atoms with E-state index in [2.05, 4.69) is 20.4 Å². The summed E-state index contributed by atoms with van der Waals surface area (Å²) in [5.41, 5.74) is 5.68. The summed E-state index contributed by atoms with van der Waals surface area (Å²) in [5.74, 6) is 0.773. The topological polar surface area (TPSA) is 26.0 Å². The average Bonchev–Trinajstić information content (AvgIpc) is 1.86. The van der Waals surface area contributed by atoms with Crippen LogP contribution in [0.25, 0.3) is 0 Å². The maximum Gasteiger partial charge on any atom is 0.00130 e. The predicted octanol–water partition coefficient (Wildman–Crippen LogP) is 2.72. The Morgan fingerprint density at radius 2 is 2.09 bits per heavy atom. The van der Waals surface area contributed by atoms with Crippen LogP contribution < -0.4 is 5.73 Å². The predicted molar refractivity (Wildman–Crippen MR) is 51.5 cm³/mol. The third-order valence-electron chi connectivity index (χ3n) is 1.88. The monoisotopic (exact) mass is 155 g/mol. The lowest BCUT2D eigenvalue weighted by Gasteiger charge is -2.12. The van der Waals surface area contributed by atoms with Gasteiger partial charge in [0.1, 0.15) is 0 Å². The van der Waals surface area contributed by atoms with Gasteiger partial charge in [-0.2, -0.15) is 0 Å². The van der Waals surface area contributed by atoms with Gasteiger partial charge in [0.2, 0.25) is 0 Å². The Morgan fingerprint density at radius 1 is 1.45 bits per heavy atom. The maximum atomic E-state index is 5.68. The van der Waals surface area contributed by atoms with E-state index in [-0.39, 0.29) is 0 Å². The van der Waals surface area contributed by atoms with Crippen LogP contribution in [-0.4, -0.2) is 6.04 Å². The number of rotatable bonds is 6. The van der Waals surface area contributed by atoms with Gasteiger partial charge in [0.15, 0.2) is 0 Å². The fraction of sp³-hybridized carbons (Fsp3) is 0.800. The van der Waals surface area contributed by atoms with E-state index in [1.807, 2.05) is 6.08 Å². The molecule has 0 aromatic rings. The van der Waals surface area contributed by atoms with Crippen molar-refractivity contribution in [2.45, 2.75) is 45.6 Å². The largest absolute Gasteiger partial charge is 0.328 e. The van der Waals surface area contributed by atoms with Crippen LogP contribution >= 0.6 is 0 Å². The normalized spacial score (nSPS) is 15.9. The molecule has 0 spiro atoms. The van der Waals surface area contributed by atoms with Crippen LogP contribution in [0.2, 0.25) is 0 Å².